The summed E-state index contributed by atoms with van der Waals surface area (Å²) < 4.78 is 19.2. The minimum absolute atomic E-state index is 0.520. The first-order valence-corrected chi connectivity index (χ1v) is 11.2. The molecule has 4 rings (SSSR count). The fourth-order valence-electron chi connectivity index (χ4n) is 4.05. The zero-order chi connectivity index (χ0) is 22.5. The molecule has 1 N–H and O–H groups in total. The van der Waals surface area contributed by atoms with Crippen molar-refractivity contribution in [2.75, 3.05) is 63.7 Å². The number of nitrogens with one attached hydrogen (secondary N) is 1. The highest BCUT2D eigenvalue weighted by Crippen LogP contribution is 2.30. The number of benzene rings is 2. The molecule has 1 fully saturated rings. The summed E-state index contributed by atoms with van der Waals surface area (Å²) in [7, 11) is 4.15. The maximum Gasteiger partial charge on any atom is 0.162 e. The Morgan fingerprint density at radius 1 is 1.12 bits per heavy atom. The third kappa shape index (κ3) is 5.16. The molecule has 0 amide bonds. The number of alkyl halides is 1. The van der Waals surface area contributed by atoms with Gasteiger partial charge in [0.15, 0.2) is 5.82 Å². The van der Waals surface area contributed by atoms with Crippen molar-refractivity contribution in [3.63, 3.8) is 0 Å². The monoisotopic (exact) mass is 437 g/mol. The van der Waals surface area contributed by atoms with Crippen molar-refractivity contribution in [1.29, 1.82) is 0 Å². The zero-order valence-electron chi connectivity index (χ0n) is 19.2. The fraction of sp³-hybridized carbons (Fsp3) is 0.440. The van der Waals surface area contributed by atoms with E-state index in [-0.39, 0.29) is 0 Å². The molecule has 0 spiro atoms. The maximum absolute atomic E-state index is 13.7. The number of morpholine rings is 1. The molecule has 2 heterocycles. The summed E-state index contributed by atoms with van der Waals surface area (Å²) in [6.45, 7) is 6.32. The van der Waals surface area contributed by atoms with Gasteiger partial charge in [-0.25, -0.2) is 14.4 Å². The smallest absolute Gasteiger partial charge is 0.162 e. The van der Waals surface area contributed by atoms with Gasteiger partial charge in [-0.3, -0.25) is 0 Å². The van der Waals surface area contributed by atoms with Crippen LogP contribution in [0, 0.1) is 6.92 Å². The Morgan fingerprint density at radius 2 is 1.94 bits per heavy atom. The second kappa shape index (κ2) is 10.2. The number of rotatable bonds is 8. The first kappa shape index (κ1) is 22.4. The highest BCUT2D eigenvalue weighted by molar-refractivity contribution is 5.92. The Kier molecular flexibility index (Phi) is 7.17. The third-order valence-electron chi connectivity index (χ3n) is 5.77. The fourth-order valence-corrected chi connectivity index (χ4v) is 4.05. The molecule has 0 radical (unpaired) electrons. The summed E-state index contributed by atoms with van der Waals surface area (Å²) in [6.07, 6.45) is 1.01. The molecule has 0 saturated carbocycles. The topological polar surface area (TPSA) is 53.5 Å². The van der Waals surface area contributed by atoms with E-state index in [9.17, 15) is 4.39 Å². The number of aryl methyl sites for hydroxylation is 1. The number of anilines is 2. The van der Waals surface area contributed by atoms with Crippen molar-refractivity contribution < 1.29 is 9.13 Å². The molecule has 1 aromatic heterocycles. The van der Waals surface area contributed by atoms with Gasteiger partial charge in [-0.1, -0.05) is 12.1 Å². The molecule has 32 heavy (non-hydrogen) atoms. The molecule has 0 aliphatic carbocycles. The van der Waals surface area contributed by atoms with Gasteiger partial charge in [0, 0.05) is 36.3 Å². The van der Waals surface area contributed by atoms with Crippen LogP contribution in [0.25, 0.3) is 22.3 Å². The number of fused-ring (bicyclic) bond motifs is 1. The minimum Gasteiger partial charge on any atom is -0.378 e. The lowest BCUT2D eigenvalue weighted by Crippen LogP contribution is -2.36. The predicted molar refractivity (Wildman–Crippen MR) is 129 cm³/mol. The van der Waals surface area contributed by atoms with Gasteiger partial charge < -0.3 is 19.9 Å². The summed E-state index contributed by atoms with van der Waals surface area (Å²) in [5.74, 6) is 1.44. The van der Waals surface area contributed by atoms with Gasteiger partial charge in [-0.2, -0.15) is 0 Å². The van der Waals surface area contributed by atoms with E-state index < -0.39 is 6.67 Å². The van der Waals surface area contributed by atoms with Crippen LogP contribution in [-0.2, 0) is 11.4 Å². The van der Waals surface area contributed by atoms with E-state index >= 15 is 0 Å². The van der Waals surface area contributed by atoms with Crippen LogP contribution >= 0.6 is 0 Å². The molecule has 7 heteroatoms. The van der Waals surface area contributed by atoms with Gasteiger partial charge in [0.25, 0.3) is 0 Å². The zero-order valence-corrected chi connectivity index (χ0v) is 19.2. The summed E-state index contributed by atoms with van der Waals surface area (Å²) in [5.41, 5.74) is 4.48. The van der Waals surface area contributed by atoms with Gasteiger partial charge in [0.2, 0.25) is 0 Å². The molecule has 2 aromatic carbocycles. The number of hydrogen-bond acceptors (Lipinski definition) is 6. The quantitative estimate of drug-likeness (QED) is 0.531. The first-order chi connectivity index (χ1) is 15.5. The molecule has 1 aliphatic heterocycles. The van der Waals surface area contributed by atoms with E-state index in [0.29, 0.717) is 24.6 Å². The lowest BCUT2D eigenvalue weighted by Gasteiger charge is -2.29. The van der Waals surface area contributed by atoms with E-state index in [1.54, 1.807) is 0 Å². The Morgan fingerprint density at radius 3 is 2.69 bits per heavy atom. The number of aromatic nitrogens is 2. The van der Waals surface area contributed by atoms with Crippen molar-refractivity contribution in [1.82, 2.24) is 14.9 Å². The van der Waals surface area contributed by atoms with Gasteiger partial charge >= 0.3 is 0 Å². The molecular formula is C25H32FN5O. The van der Waals surface area contributed by atoms with E-state index in [2.05, 4.69) is 54.3 Å². The Balaban J connectivity index is 1.74. The van der Waals surface area contributed by atoms with E-state index in [1.165, 1.54) is 0 Å². The van der Waals surface area contributed by atoms with Crippen LogP contribution in [0.5, 0.6) is 0 Å². The van der Waals surface area contributed by atoms with Crippen molar-refractivity contribution in [2.24, 2.45) is 0 Å². The van der Waals surface area contributed by atoms with Crippen molar-refractivity contribution >= 4 is 22.4 Å². The Labute approximate surface area is 189 Å². The summed E-state index contributed by atoms with van der Waals surface area (Å²) >= 11 is 0. The average Bonchev–Trinajstić information content (AvgIpc) is 2.82. The molecule has 170 valence electrons. The lowest BCUT2D eigenvalue weighted by molar-refractivity contribution is 0.122. The van der Waals surface area contributed by atoms with Crippen molar-refractivity contribution in [2.45, 2.75) is 20.0 Å². The number of ether oxygens (including phenoxy) is 1. The molecular weight excluding hydrogens is 405 g/mol. The third-order valence-corrected chi connectivity index (χ3v) is 5.77. The highest BCUT2D eigenvalue weighted by Gasteiger charge is 2.16. The normalized spacial score (nSPS) is 14.3. The van der Waals surface area contributed by atoms with Gasteiger partial charge in [0.05, 0.1) is 18.7 Å². The largest absolute Gasteiger partial charge is 0.378 e. The van der Waals surface area contributed by atoms with Gasteiger partial charge in [-0.05, 0) is 69.4 Å². The number of para-hydroxylation sites is 1. The summed E-state index contributed by atoms with van der Waals surface area (Å²) in [4.78, 5) is 14.2. The predicted octanol–water partition coefficient (Wildman–Crippen LogP) is 4.27. The summed E-state index contributed by atoms with van der Waals surface area (Å²) in [5, 5.41) is 4.52. The molecule has 1 saturated heterocycles. The van der Waals surface area contributed by atoms with E-state index in [4.69, 9.17) is 14.7 Å². The number of nitrogens with zero attached hydrogens (tertiary/aromatic N) is 4. The molecule has 0 bridgehead atoms. The van der Waals surface area contributed by atoms with Crippen LogP contribution in [0.15, 0.2) is 36.4 Å². The van der Waals surface area contributed by atoms with Crippen LogP contribution in [0.4, 0.5) is 15.9 Å². The van der Waals surface area contributed by atoms with Gasteiger partial charge in [0.1, 0.15) is 12.5 Å². The van der Waals surface area contributed by atoms with Crippen molar-refractivity contribution in [3.05, 3.63) is 47.5 Å². The van der Waals surface area contributed by atoms with E-state index in [0.717, 1.165) is 66.1 Å². The van der Waals surface area contributed by atoms with E-state index in [1.807, 2.05) is 18.2 Å². The van der Waals surface area contributed by atoms with Crippen molar-refractivity contribution in [3.8, 4) is 11.4 Å². The van der Waals surface area contributed by atoms with Gasteiger partial charge in [-0.15, -0.1) is 0 Å². The van der Waals surface area contributed by atoms with Crippen LogP contribution in [0.2, 0.25) is 0 Å². The second-order valence-electron chi connectivity index (χ2n) is 8.57. The molecule has 1 aliphatic rings. The summed E-state index contributed by atoms with van der Waals surface area (Å²) in [6, 6.07) is 12.0. The molecule has 0 atom stereocenters. The maximum atomic E-state index is 13.7. The van der Waals surface area contributed by atoms with Crippen LogP contribution in [-0.4, -0.2) is 68.4 Å². The second-order valence-corrected chi connectivity index (χ2v) is 8.57. The first-order valence-electron chi connectivity index (χ1n) is 11.2. The average molecular weight is 438 g/mol. The number of hydrogen-bond donors (Lipinski definition) is 1. The van der Waals surface area contributed by atoms with Crippen LogP contribution in [0.1, 0.15) is 17.5 Å². The standard InChI is InChI=1S/C25H32FN5O/c1-18-6-4-7-22-23(18)28-24(29-25(22)27-8-5-9-30(2)3)20-14-19(17-26)15-21(16-20)31-10-12-32-13-11-31/h4,6-7,14-16H,5,8-13,17H2,1-3H3,(H,27,28,29). The number of halogens is 1. The lowest BCUT2D eigenvalue weighted by atomic mass is 10.1. The van der Waals surface area contributed by atoms with Crippen LogP contribution in [0.3, 0.4) is 0 Å². The SMILES string of the molecule is Cc1cccc2c(NCCCN(C)C)nc(-c3cc(CF)cc(N4CCOCC4)c3)nc12. The molecule has 3 aromatic rings. The Bertz CT molecular complexity index is 1070. The van der Waals surface area contributed by atoms with Crippen LogP contribution < -0.4 is 10.2 Å². The molecule has 0 unspecified atom stereocenters. The minimum atomic E-state index is -0.520. The highest BCUT2D eigenvalue weighted by atomic mass is 19.1. The Hall–Kier alpha value is -2.77. The molecule has 6 nitrogen and oxygen atoms in total.